The number of anilines is 1. The number of hydrogen-bond donors (Lipinski definition) is 2. The third-order valence-electron chi connectivity index (χ3n) is 3.13. The van der Waals surface area contributed by atoms with E-state index in [0.29, 0.717) is 41.9 Å². The van der Waals surface area contributed by atoms with Crippen LogP contribution in [-0.4, -0.2) is 19.1 Å². The van der Waals surface area contributed by atoms with Crippen molar-refractivity contribution in [3.63, 3.8) is 0 Å². The maximum atomic E-state index is 12.0. The van der Waals surface area contributed by atoms with Crippen LogP contribution >= 0.6 is 11.6 Å². The Morgan fingerprint density at radius 1 is 1.43 bits per heavy atom. The summed E-state index contributed by atoms with van der Waals surface area (Å²) in [6.45, 7) is 7.24. The predicted molar refractivity (Wildman–Crippen MR) is 87.9 cm³/mol. The van der Waals surface area contributed by atoms with Gasteiger partial charge in [0.05, 0.1) is 11.6 Å². The van der Waals surface area contributed by atoms with E-state index in [4.69, 9.17) is 22.1 Å². The first-order valence-corrected chi connectivity index (χ1v) is 7.76. The molecule has 0 aliphatic heterocycles. The molecule has 118 valence electrons. The van der Waals surface area contributed by atoms with Gasteiger partial charge in [0.15, 0.2) is 0 Å². The van der Waals surface area contributed by atoms with Gasteiger partial charge in [-0.3, -0.25) is 4.79 Å². The van der Waals surface area contributed by atoms with Crippen LogP contribution in [0.15, 0.2) is 18.2 Å². The molecule has 0 aliphatic carbocycles. The quantitative estimate of drug-likeness (QED) is 0.769. The van der Waals surface area contributed by atoms with Crippen molar-refractivity contribution in [2.24, 2.45) is 17.6 Å². The Labute approximate surface area is 132 Å². The van der Waals surface area contributed by atoms with Gasteiger partial charge >= 0.3 is 0 Å². The number of ether oxygens (including phenoxy) is 1. The number of rotatable bonds is 8. The van der Waals surface area contributed by atoms with Gasteiger partial charge < -0.3 is 15.8 Å². The average Bonchev–Trinajstić information content (AvgIpc) is 2.40. The Kier molecular flexibility index (Phi) is 7.54. The Hall–Kier alpha value is -1.26. The first-order valence-electron chi connectivity index (χ1n) is 7.38. The third-order valence-corrected chi connectivity index (χ3v) is 3.42. The Morgan fingerprint density at radius 3 is 2.67 bits per heavy atom. The van der Waals surface area contributed by atoms with Gasteiger partial charge in [0.1, 0.15) is 5.75 Å². The van der Waals surface area contributed by atoms with Crippen LogP contribution in [0, 0.1) is 11.8 Å². The van der Waals surface area contributed by atoms with Crippen molar-refractivity contribution in [1.29, 1.82) is 0 Å². The second-order valence-electron chi connectivity index (χ2n) is 5.56. The van der Waals surface area contributed by atoms with Gasteiger partial charge in [0.2, 0.25) is 5.91 Å². The van der Waals surface area contributed by atoms with Crippen LogP contribution in [0.4, 0.5) is 5.69 Å². The van der Waals surface area contributed by atoms with Crippen molar-refractivity contribution in [3.05, 3.63) is 23.2 Å². The molecule has 0 fully saturated rings. The summed E-state index contributed by atoms with van der Waals surface area (Å²) in [5, 5.41) is 3.35. The molecule has 1 aromatic rings. The first-order chi connectivity index (χ1) is 9.96. The minimum atomic E-state index is -0.0358. The standard InChI is InChI=1S/C16H25ClN2O2/c1-4-21-15-6-5-13(9-14(15)17)19-16(20)8-12(10-18)7-11(2)3/h5-6,9,11-12H,4,7-8,10,18H2,1-3H3,(H,19,20)/t12-/m0/s1. The molecule has 21 heavy (non-hydrogen) atoms. The summed E-state index contributed by atoms with van der Waals surface area (Å²) in [4.78, 5) is 12.0. The largest absolute Gasteiger partial charge is 0.492 e. The van der Waals surface area contributed by atoms with Crippen LogP contribution in [0.1, 0.15) is 33.6 Å². The number of nitrogens with one attached hydrogen (secondary N) is 1. The summed E-state index contributed by atoms with van der Waals surface area (Å²) in [6.07, 6.45) is 1.38. The van der Waals surface area contributed by atoms with Crippen LogP contribution < -0.4 is 15.8 Å². The number of amides is 1. The molecule has 1 amide bonds. The van der Waals surface area contributed by atoms with Gasteiger partial charge in [-0.25, -0.2) is 0 Å². The minimum Gasteiger partial charge on any atom is -0.492 e. The number of hydrogen-bond acceptors (Lipinski definition) is 3. The molecule has 0 heterocycles. The molecule has 1 rings (SSSR count). The molecule has 0 spiro atoms. The van der Waals surface area contributed by atoms with Crippen molar-refractivity contribution >= 4 is 23.2 Å². The van der Waals surface area contributed by atoms with Crippen LogP contribution in [0.3, 0.4) is 0 Å². The topological polar surface area (TPSA) is 64.3 Å². The number of carbonyl (C=O) groups is 1. The van der Waals surface area contributed by atoms with Crippen LogP contribution in [0.25, 0.3) is 0 Å². The highest BCUT2D eigenvalue weighted by Crippen LogP contribution is 2.28. The zero-order chi connectivity index (χ0) is 15.8. The molecule has 0 unspecified atom stereocenters. The molecule has 1 aromatic carbocycles. The molecular formula is C16H25ClN2O2. The van der Waals surface area contributed by atoms with E-state index in [1.54, 1.807) is 18.2 Å². The van der Waals surface area contributed by atoms with Crippen LogP contribution in [0.2, 0.25) is 5.02 Å². The SMILES string of the molecule is CCOc1ccc(NC(=O)C[C@@H](CN)CC(C)C)cc1Cl. The summed E-state index contributed by atoms with van der Waals surface area (Å²) >= 11 is 6.10. The Bertz CT molecular complexity index is 464. The maximum absolute atomic E-state index is 12.0. The lowest BCUT2D eigenvalue weighted by molar-refractivity contribution is -0.117. The summed E-state index contributed by atoms with van der Waals surface area (Å²) in [5.41, 5.74) is 6.40. The summed E-state index contributed by atoms with van der Waals surface area (Å²) in [5.74, 6) is 1.33. The molecule has 0 saturated heterocycles. The smallest absolute Gasteiger partial charge is 0.224 e. The van der Waals surface area contributed by atoms with Crippen LogP contribution in [-0.2, 0) is 4.79 Å². The molecule has 0 bridgehead atoms. The van der Waals surface area contributed by atoms with Crippen molar-refractivity contribution < 1.29 is 9.53 Å². The van der Waals surface area contributed by atoms with Crippen molar-refractivity contribution in [2.75, 3.05) is 18.5 Å². The lowest BCUT2D eigenvalue weighted by Crippen LogP contribution is -2.23. The highest BCUT2D eigenvalue weighted by molar-refractivity contribution is 6.32. The highest BCUT2D eigenvalue weighted by Gasteiger charge is 2.14. The first kappa shape index (κ1) is 17.8. The van der Waals surface area contributed by atoms with Crippen molar-refractivity contribution in [3.8, 4) is 5.75 Å². The fourth-order valence-corrected chi connectivity index (χ4v) is 2.49. The number of nitrogens with two attached hydrogens (primary N) is 1. The molecule has 4 nitrogen and oxygen atoms in total. The minimum absolute atomic E-state index is 0.0358. The number of carbonyl (C=O) groups excluding carboxylic acids is 1. The van der Waals surface area contributed by atoms with Gasteiger partial charge in [0.25, 0.3) is 0 Å². The molecule has 3 N–H and O–H groups in total. The van der Waals surface area contributed by atoms with E-state index in [9.17, 15) is 4.79 Å². The molecule has 0 saturated carbocycles. The van der Waals surface area contributed by atoms with E-state index in [0.717, 1.165) is 6.42 Å². The van der Waals surface area contributed by atoms with E-state index < -0.39 is 0 Å². The Balaban J connectivity index is 2.60. The van der Waals surface area contributed by atoms with E-state index in [1.807, 2.05) is 6.92 Å². The third kappa shape index (κ3) is 6.36. The fraction of sp³-hybridized carbons (Fsp3) is 0.562. The molecule has 0 aliphatic rings. The lowest BCUT2D eigenvalue weighted by Gasteiger charge is -2.16. The fourth-order valence-electron chi connectivity index (χ4n) is 2.25. The second-order valence-corrected chi connectivity index (χ2v) is 5.97. The van der Waals surface area contributed by atoms with Crippen LogP contribution in [0.5, 0.6) is 5.75 Å². The van der Waals surface area contributed by atoms with Gasteiger partial charge in [-0.1, -0.05) is 25.4 Å². The molecule has 0 aromatic heterocycles. The van der Waals surface area contributed by atoms with Gasteiger partial charge in [-0.15, -0.1) is 0 Å². The van der Waals surface area contributed by atoms with Crippen molar-refractivity contribution in [1.82, 2.24) is 0 Å². The normalized spacial score (nSPS) is 12.3. The van der Waals surface area contributed by atoms with Gasteiger partial charge in [0, 0.05) is 12.1 Å². The highest BCUT2D eigenvalue weighted by atomic mass is 35.5. The van der Waals surface area contributed by atoms with Crippen molar-refractivity contribution in [2.45, 2.75) is 33.6 Å². The number of benzene rings is 1. The monoisotopic (exact) mass is 312 g/mol. The van der Waals surface area contributed by atoms with E-state index in [2.05, 4.69) is 19.2 Å². The van der Waals surface area contributed by atoms with Gasteiger partial charge in [-0.2, -0.15) is 0 Å². The zero-order valence-corrected chi connectivity index (χ0v) is 13.7. The summed E-state index contributed by atoms with van der Waals surface area (Å²) < 4.78 is 5.36. The van der Waals surface area contributed by atoms with E-state index in [-0.39, 0.29) is 11.8 Å². The van der Waals surface area contributed by atoms with E-state index >= 15 is 0 Å². The lowest BCUT2D eigenvalue weighted by atomic mass is 9.94. The summed E-state index contributed by atoms with van der Waals surface area (Å²) in [6, 6.07) is 5.25. The average molecular weight is 313 g/mol. The molecule has 0 radical (unpaired) electrons. The molecule has 1 atom stereocenters. The summed E-state index contributed by atoms with van der Waals surface area (Å²) in [7, 11) is 0. The predicted octanol–water partition coefficient (Wildman–Crippen LogP) is 3.69. The number of halogens is 1. The molecular weight excluding hydrogens is 288 g/mol. The van der Waals surface area contributed by atoms with Gasteiger partial charge in [-0.05, 0) is 49.9 Å². The zero-order valence-electron chi connectivity index (χ0n) is 13.0. The molecule has 5 heteroatoms. The Morgan fingerprint density at radius 2 is 2.14 bits per heavy atom. The van der Waals surface area contributed by atoms with E-state index in [1.165, 1.54) is 0 Å². The second kappa shape index (κ2) is 8.90. The maximum Gasteiger partial charge on any atom is 0.224 e.